The SMILES string of the molecule is CC(=CC(C)N(C)C)C(N)=O.CCl. The average molecular weight is 207 g/mol. The number of amides is 1. The fourth-order valence-corrected chi connectivity index (χ4v) is 0.593. The summed E-state index contributed by atoms with van der Waals surface area (Å²) in [6.07, 6.45) is 3.32. The second-order valence-corrected chi connectivity index (χ2v) is 2.92. The third-order valence-electron chi connectivity index (χ3n) is 1.69. The molecule has 13 heavy (non-hydrogen) atoms. The molecule has 0 spiro atoms. The third-order valence-corrected chi connectivity index (χ3v) is 1.69. The van der Waals surface area contributed by atoms with Crippen molar-refractivity contribution in [1.82, 2.24) is 4.90 Å². The van der Waals surface area contributed by atoms with Crippen LogP contribution in [0.2, 0.25) is 0 Å². The van der Waals surface area contributed by atoms with E-state index < -0.39 is 0 Å². The summed E-state index contributed by atoms with van der Waals surface area (Å²) >= 11 is 4.64. The second-order valence-electron chi connectivity index (χ2n) is 2.92. The Morgan fingerprint density at radius 3 is 2.08 bits per heavy atom. The van der Waals surface area contributed by atoms with Gasteiger partial charge in [0.25, 0.3) is 0 Å². The van der Waals surface area contributed by atoms with Crippen LogP contribution in [0.1, 0.15) is 13.8 Å². The maximum atomic E-state index is 10.6. The van der Waals surface area contributed by atoms with Crippen molar-refractivity contribution in [1.29, 1.82) is 0 Å². The molecule has 3 nitrogen and oxygen atoms in total. The van der Waals surface area contributed by atoms with Crippen molar-refractivity contribution in [3.8, 4) is 0 Å². The van der Waals surface area contributed by atoms with Crippen LogP contribution in [0.5, 0.6) is 0 Å². The zero-order valence-electron chi connectivity index (χ0n) is 8.97. The standard InChI is InChI=1S/C8H16N2O.CH3Cl/c1-6(8(9)11)5-7(2)10(3)4;1-2/h5,7H,1-4H3,(H2,9,11);1H3. The highest BCUT2D eigenvalue weighted by atomic mass is 35.5. The molecule has 0 fully saturated rings. The molecule has 1 atom stereocenters. The summed E-state index contributed by atoms with van der Waals surface area (Å²) < 4.78 is 0. The van der Waals surface area contributed by atoms with Crippen molar-refractivity contribution in [2.75, 3.05) is 20.5 Å². The molecule has 0 radical (unpaired) electrons. The number of nitrogens with zero attached hydrogens (tertiary/aromatic N) is 1. The van der Waals surface area contributed by atoms with Crippen LogP contribution in [0.4, 0.5) is 0 Å². The van der Waals surface area contributed by atoms with Crippen LogP contribution in [0.25, 0.3) is 0 Å². The molecule has 4 heteroatoms. The van der Waals surface area contributed by atoms with Crippen molar-refractivity contribution in [2.24, 2.45) is 5.73 Å². The lowest BCUT2D eigenvalue weighted by molar-refractivity contribution is -0.114. The van der Waals surface area contributed by atoms with E-state index >= 15 is 0 Å². The van der Waals surface area contributed by atoms with E-state index in [2.05, 4.69) is 11.6 Å². The third kappa shape index (κ3) is 7.81. The molecule has 0 bridgehead atoms. The highest BCUT2D eigenvalue weighted by Gasteiger charge is 2.03. The predicted molar refractivity (Wildman–Crippen MR) is 57.9 cm³/mol. The number of carbonyl (C=O) groups excluding carboxylic acids is 1. The van der Waals surface area contributed by atoms with Crippen LogP contribution < -0.4 is 5.73 Å². The van der Waals surface area contributed by atoms with E-state index in [1.165, 1.54) is 6.38 Å². The molecular formula is C9H19ClN2O. The Balaban J connectivity index is 0. The molecule has 0 aliphatic heterocycles. The van der Waals surface area contributed by atoms with Crippen LogP contribution in [0, 0.1) is 0 Å². The number of halogens is 1. The smallest absolute Gasteiger partial charge is 0.244 e. The molecule has 0 aromatic heterocycles. The van der Waals surface area contributed by atoms with E-state index in [9.17, 15) is 4.79 Å². The number of nitrogens with two attached hydrogens (primary N) is 1. The van der Waals surface area contributed by atoms with Gasteiger partial charge in [-0.1, -0.05) is 6.08 Å². The second kappa shape index (κ2) is 8.08. The maximum absolute atomic E-state index is 10.6. The van der Waals surface area contributed by atoms with E-state index in [0.29, 0.717) is 5.57 Å². The molecule has 0 rings (SSSR count). The highest BCUT2D eigenvalue weighted by molar-refractivity contribution is 6.15. The molecule has 0 saturated carbocycles. The first-order chi connectivity index (χ1) is 5.95. The topological polar surface area (TPSA) is 46.3 Å². The molecule has 0 aliphatic rings. The van der Waals surface area contributed by atoms with Gasteiger partial charge in [0.1, 0.15) is 0 Å². The molecule has 0 aliphatic carbocycles. The van der Waals surface area contributed by atoms with Crippen molar-refractivity contribution in [2.45, 2.75) is 19.9 Å². The number of likely N-dealkylation sites (N-methyl/N-ethyl adjacent to an activating group) is 1. The predicted octanol–water partition coefficient (Wildman–Crippen LogP) is 1.22. The van der Waals surface area contributed by atoms with Gasteiger partial charge < -0.3 is 10.6 Å². The quantitative estimate of drug-likeness (QED) is 0.558. The highest BCUT2D eigenvalue weighted by Crippen LogP contribution is 1.98. The molecule has 2 N–H and O–H groups in total. The number of alkyl halides is 1. The monoisotopic (exact) mass is 206 g/mol. The summed E-state index contributed by atoms with van der Waals surface area (Å²) in [7, 11) is 3.91. The molecule has 78 valence electrons. The van der Waals surface area contributed by atoms with Gasteiger partial charge in [-0.3, -0.25) is 4.79 Å². The molecular weight excluding hydrogens is 188 g/mol. The van der Waals surface area contributed by atoms with Gasteiger partial charge >= 0.3 is 0 Å². The zero-order valence-corrected chi connectivity index (χ0v) is 9.72. The lowest BCUT2D eigenvalue weighted by atomic mass is 10.2. The summed E-state index contributed by atoms with van der Waals surface area (Å²) in [5.74, 6) is -0.348. The van der Waals surface area contributed by atoms with E-state index in [0.717, 1.165) is 0 Å². The Morgan fingerprint density at radius 2 is 1.85 bits per heavy atom. The molecule has 0 aromatic carbocycles. The van der Waals surface area contributed by atoms with Gasteiger partial charge in [-0.2, -0.15) is 0 Å². The Morgan fingerprint density at radius 1 is 1.46 bits per heavy atom. The fourth-order valence-electron chi connectivity index (χ4n) is 0.593. The summed E-state index contributed by atoms with van der Waals surface area (Å²) in [4.78, 5) is 12.6. The molecule has 0 saturated heterocycles. The Labute approximate surface area is 85.5 Å². The number of primary amides is 1. The lowest BCUT2D eigenvalue weighted by Crippen LogP contribution is -2.24. The van der Waals surface area contributed by atoms with Crippen LogP contribution in [-0.2, 0) is 4.79 Å². The number of hydrogen-bond donors (Lipinski definition) is 1. The Bertz CT molecular complexity index is 178. The molecule has 0 heterocycles. The van der Waals surface area contributed by atoms with Crippen LogP contribution in [0.3, 0.4) is 0 Å². The van der Waals surface area contributed by atoms with Gasteiger partial charge in [-0.05, 0) is 27.9 Å². The first-order valence-electron chi connectivity index (χ1n) is 3.97. The van der Waals surface area contributed by atoms with E-state index in [1.807, 2.05) is 32.0 Å². The lowest BCUT2D eigenvalue weighted by Gasteiger charge is -2.15. The van der Waals surface area contributed by atoms with E-state index in [1.54, 1.807) is 6.92 Å². The van der Waals surface area contributed by atoms with Gasteiger partial charge in [0.2, 0.25) is 5.91 Å². The average Bonchev–Trinajstić information content (AvgIpc) is 2.07. The van der Waals surface area contributed by atoms with Gasteiger partial charge in [-0.25, -0.2) is 0 Å². The minimum Gasteiger partial charge on any atom is -0.366 e. The Hall–Kier alpha value is -0.540. The maximum Gasteiger partial charge on any atom is 0.244 e. The van der Waals surface area contributed by atoms with Crippen molar-refractivity contribution >= 4 is 17.5 Å². The minimum absolute atomic E-state index is 0.252. The van der Waals surface area contributed by atoms with Crippen LogP contribution in [-0.4, -0.2) is 37.3 Å². The van der Waals surface area contributed by atoms with Crippen molar-refractivity contribution in [3.05, 3.63) is 11.6 Å². The Kier molecular flexibility index (Phi) is 9.29. The number of rotatable bonds is 3. The fraction of sp³-hybridized carbons (Fsp3) is 0.667. The molecule has 0 aromatic rings. The summed E-state index contributed by atoms with van der Waals surface area (Å²) in [5.41, 5.74) is 5.68. The van der Waals surface area contributed by atoms with Gasteiger partial charge in [0.15, 0.2) is 0 Å². The normalized spacial score (nSPS) is 13.3. The van der Waals surface area contributed by atoms with E-state index in [4.69, 9.17) is 5.73 Å². The van der Waals surface area contributed by atoms with Crippen LogP contribution >= 0.6 is 11.6 Å². The van der Waals surface area contributed by atoms with Crippen LogP contribution in [0.15, 0.2) is 11.6 Å². The minimum atomic E-state index is -0.348. The van der Waals surface area contributed by atoms with Crippen molar-refractivity contribution in [3.63, 3.8) is 0 Å². The van der Waals surface area contributed by atoms with Gasteiger partial charge in [-0.15, -0.1) is 11.6 Å². The first-order valence-corrected chi connectivity index (χ1v) is 4.73. The van der Waals surface area contributed by atoms with Gasteiger partial charge in [0, 0.05) is 18.0 Å². The van der Waals surface area contributed by atoms with Crippen molar-refractivity contribution < 1.29 is 4.79 Å². The number of hydrogen-bond acceptors (Lipinski definition) is 2. The summed E-state index contributed by atoms with van der Waals surface area (Å²) in [6.45, 7) is 3.73. The zero-order chi connectivity index (χ0) is 11.0. The number of carbonyl (C=O) groups is 1. The largest absolute Gasteiger partial charge is 0.366 e. The summed E-state index contributed by atoms with van der Waals surface area (Å²) in [6, 6.07) is 0.252. The van der Waals surface area contributed by atoms with E-state index in [-0.39, 0.29) is 11.9 Å². The summed E-state index contributed by atoms with van der Waals surface area (Å²) in [5, 5.41) is 0. The molecule has 1 amide bonds. The first kappa shape index (κ1) is 15.0. The molecule has 1 unspecified atom stereocenters. The van der Waals surface area contributed by atoms with Gasteiger partial charge in [0.05, 0.1) is 0 Å².